The highest BCUT2D eigenvalue weighted by atomic mass is 31.2. The topological polar surface area (TPSA) is 74.4 Å². The van der Waals surface area contributed by atoms with Crippen molar-refractivity contribution in [2.45, 2.75) is 19.6 Å². The molecule has 17 heavy (non-hydrogen) atoms. The smallest absolute Gasteiger partial charge is 0.314 e. The lowest BCUT2D eigenvalue weighted by Crippen LogP contribution is -2.16. The van der Waals surface area contributed by atoms with Gasteiger partial charge in [0.2, 0.25) is 5.95 Å². The molecule has 1 heterocycles. The van der Waals surface area contributed by atoms with Crippen LogP contribution in [0, 0.1) is 5.95 Å². The molecule has 0 fully saturated rings. The Bertz CT molecular complexity index is 406. The van der Waals surface area contributed by atoms with Gasteiger partial charge in [0.05, 0.1) is 13.2 Å². The summed E-state index contributed by atoms with van der Waals surface area (Å²) in [4.78, 5) is 3.46. The van der Waals surface area contributed by atoms with Gasteiger partial charge in [-0.1, -0.05) is 6.07 Å². The van der Waals surface area contributed by atoms with E-state index in [1.807, 2.05) is 0 Å². The third-order valence-corrected chi connectivity index (χ3v) is 4.26. The molecule has 0 aliphatic rings. The van der Waals surface area contributed by atoms with Crippen LogP contribution in [0.2, 0.25) is 0 Å². The van der Waals surface area contributed by atoms with Gasteiger partial charge in [0, 0.05) is 11.8 Å². The highest BCUT2D eigenvalue weighted by Crippen LogP contribution is 2.58. The van der Waals surface area contributed by atoms with Crippen LogP contribution in [0.3, 0.4) is 0 Å². The van der Waals surface area contributed by atoms with Gasteiger partial charge in [-0.15, -0.1) is 0 Å². The van der Waals surface area contributed by atoms with Crippen LogP contribution in [0.4, 0.5) is 4.39 Å². The number of hydrogen-bond acceptors (Lipinski definition) is 5. The summed E-state index contributed by atoms with van der Waals surface area (Å²) in [5, 5.41) is 0. The monoisotopic (exact) mass is 262 g/mol. The molecule has 0 amide bonds. The Labute approximate surface area is 99.7 Å². The fourth-order valence-corrected chi connectivity index (χ4v) is 3.00. The molecule has 0 aromatic carbocycles. The lowest BCUT2D eigenvalue weighted by molar-refractivity contribution is 0.211. The average Bonchev–Trinajstić information content (AvgIpc) is 2.29. The van der Waals surface area contributed by atoms with E-state index in [0.717, 1.165) is 0 Å². The molecule has 5 nitrogen and oxygen atoms in total. The summed E-state index contributed by atoms with van der Waals surface area (Å²) in [6.45, 7) is 3.68. The van der Waals surface area contributed by atoms with E-state index >= 15 is 0 Å². The number of halogens is 1. The zero-order chi connectivity index (χ0) is 12.9. The fourth-order valence-electron chi connectivity index (χ4n) is 1.35. The van der Waals surface area contributed by atoms with Crippen molar-refractivity contribution in [3.63, 3.8) is 0 Å². The van der Waals surface area contributed by atoms with Crippen molar-refractivity contribution >= 4 is 7.60 Å². The van der Waals surface area contributed by atoms with E-state index in [4.69, 9.17) is 14.8 Å². The molecule has 96 valence electrons. The van der Waals surface area contributed by atoms with Crippen molar-refractivity contribution in [2.24, 2.45) is 5.73 Å². The van der Waals surface area contributed by atoms with Gasteiger partial charge in [0.25, 0.3) is 0 Å². The van der Waals surface area contributed by atoms with Gasteiger partial charge >= 0.3 is 7.60 Å². The van der Waals surface area contributed by atoms with Crippen LogP contribution in [0.25, 0.3) is 0 Å². The summed E-state index contributed by atoms with van der Waals surface area (Å²) in [5.41, 5.74) is 5.78. The molecule has 0 saturated heterocycles. The van der Waals surface area contributed by atoms with Crippen molar-refractivity contribution in [1.82, 2.24) is 4.98 Å². The highest BCUT2D eigenvalue weighted by Gasteiger charge is 2.35. The molecule has 1 aromatic heterocycles. The van der Waals surface area contributed by atoms with Gasteiger partial charge in [-0.3, -0.25) is 4.57 Å². The van der Waals surface area contributed by atoms with Gasteiger partial charge < -0.3 is 14.8 Å². The Kier molecular flexibility index (Phi) is 5.21. The fraction of sp³-hybridized carbons (Fsp3) is 0.500. The molecule has 0 radical (unpaired) electrons. The van der Waals surface area contributed by atoms with E-state index < -0.39 is 19.3 Å². The third-order valence-electron chi connectivity index (χ3n) is 2.07. The summed E-state index contributed by atoms with van der Waals surface area (Å²) in [6.07, 6.45) is 1.29. The quantitative estimate of drug-likeness (QED) is 0.629. The first-order chi connectivity index (χ1) is 8.05. The summed E-state index contributed by atoms with van der Waals surface area (Å²) in [7, 11) is -3.56. The van der Waals surface area contributed by atoms with E-state index in [-0.39, 0.29) is 18.8 Å². The second kappa shape index (κ2) is 6.21. The summed E-state index contributed by atoms with van der Waals surface area (Å²) in [6, 6.07) is 2.93. The van der Waals surface area contributed by atoms with Crippen LogP contribution in [0.5, 0.6) is 0 Å². The summed E-state index contributed by atoms with van der Waals surface area (Å²) in [5.74, 6) is -1.93. The molecule has 0 unspecified atom stereocenters. The molecule has 1 aromatic rings. The number of nitrogens with two attached hydrogens (primary N) is 1. The summed E-state index contributed by atoms with van der Waals surface area (Å²) < 4.78 is 35.8. The normalized spacial score (nSPS) is 13.6. The lowest BCUT2D eigenvalue weighted by Gasteiger charge is -2.23. The Morgan fingerprint density at radius 1 is 1.47 bits per heavy atom. The lowest BCUT2D eigenvalue weighted by atomic mass is 10.3. The number of aromatic nitrogens is 1. The molecule has 0 aliphatic heterocycles. The van der Waals surface area contributed by atoms with Gasteiger partial charge in [0.15, 0.2) is 0 Å². The zero-order valence-electron chi connectivity index (χ0n) is 9.80. The molecule has 1 rings (SSSR count). The van der Waals surface area contributed by atoms with E-state index in [0.29, 0.717) is 0 Å². The minimum atomic E-state index is -3.56. The van der Waals surface area contributed by atoms with Crippen molar-refractivity contribution in [3.05, 3.63) is 29.8 Å². The van der Waals surface area contributed by atoms with Crippen LogP contribution in [-0.4, -0.2) is 18.2 Å². The van der Waals surface area contributed by atoms with Crippen LogP contribution in [0.1, 0.15) is 25.2 Å². The molecule has 0 bridgehead atoms. The van der Waals surface area contributed by atoms with Crippen molar-refractivity contribution in [3.8, 4) is 0 Å². The third kappa shape index (κ3) is 3.33. The summed E-state index contributed by atoms with van der Waals surface area (Å²) >= 11 is 0. The van der Waals surface area contributed by atoms with E-state index in [1.165, 1.54) is 18.3 Å². The minimum absolute atomic E-state index is 0.0257. The van der Waals surface area contributed by atoms with E-state index in [2.05, 4.69) is 4.98 Å². The molecule has 0 saturated carbocycles. The Hall–Kier alpha value is -0.810. The first kappa shape index (κ1) is 14.3. The number of rotatable bonds is 6. The van der Waals surface area contributed by atoms with Crippen molar-refractivity contribution in [1.29, 1.82) is 0 Å². The molecule has 1 atom stereocenters. The number of hydrogen-bond donors (Lipinski definition) is 1. The molecule has 0 aliphatic carbocycles. The predicted molar refractivity (Wildman–Crippen MR) is 62.0 cm³/mol. The first-order valence-electron chi connectivity index (χ1n) is 5.30. The van der Waals surface area contributed by atoms with E-state index in [1.54, 1.807) is 13.8 Å². The van der Waals surface area contributed by atoms with Crippen molar-refractivity contribution < 1.29 is 18.0 Å². The van der Waals surface area contributed by atoms with Gasteiger partial charge in [0.1, 0.15) is 5.78 Å². The first-order valence-corrected chi connectivity index (χ1v) is 6.91. The maximum absolute atomic E-state index is 13.4. The van der Waals surface area contributed by atoms with Crippen LogP contribution in [0.15, 0.2) is 18.3 Å². The molecular formula is C10H16FN2O3P. The Balaban J connectivity index is 3.04. The standard InChI is InChI=1S/C10H16FN2O3P/c1-3-15-17(14,16-4-2)10(12)8-6-5-7-13-9(8)11/h5-7,10H,3-4,12H2,1-2H3/t10-/m0/s1. The number of pyridine rings is 1. The Morgan fingerprint density at radius 2 is 2.06 bits per heavy atom. The van der Waals surface area contributed by atoms with Gasteiger partial charge in [-0.05, 0) is 19.9 Å². The maximum Gasteiger partial charge on any atom is 0.351 e. The van der Waals surface area contributed by atoms with E-state index in [9.17, 15) is 8.96 Å². The average molecular weight is 262 g/mol. The minimum Gasteiger partial charge on any atom is -0.314 e. The SMILES string of the molecule is CCOP(=O)(OCC)[C@H](N)c1cccnc1F. The predicted octanol–water partition coefficient (Wildman–Crippen LogP) is 2.44. The molecule has 2 N–H and O–H groups in total. The molecule has 7 heteroatoms. The zero-order valence-corrected chi connectivity index (χ0v) is 10.7. The van der Waals surface area contributed by atoms with Crippen LogP contribution >= 0.6 is 7.60 Å². The van der Waals surface area contributed by atoms with Gasteiger partial charge in [-0.25, -0.2) is 4.98 Å². The number of nitrogens with zero attached hydrogens (tertiary/aromatic N) is 1. The second-order valence-electron chi connectivity index (χ2n) is 3.20. The maximum atomic E-state index is 13.4. The largest absolute Gasteiger partial charge is 0.351 e. The molecule has 0 spiro atoms. The van der Waals surface area contributed by atoms with Crippen molar-refractivity contribution in [2.75, 3.05) is 13.2 Å². The van der Waals surface area contributed by atoms with Crippen LogP contribution in [-0.2, 0) is 13.6 Å². The van der Waals surface area contributed by atoms with Crippen LogP contribution < -0.4 is 5.73 Å². The second-order valence-corrected chi connectivity index (χ2v) is 5.36. The highest BCUT2D eigenvalue weighted by molar-refractivity contribution is 7.54. The Morgan fingerprint density at radius 3 is 2.53 bits per heavy atom. The van der Waals surface area contributed by atoms with Gasteiger partial charge in [-0.2, -0.15) is 4.39 Å². The molecular weight excluding hydrogens is 246 g/mol.